The number of nitrogens with zero attached hydrogens (tertiary/aromatic N) is 2. The van der Waals surface area contributed by atoms with Crippen LogP contribution in [0.15, 0.2) is 77.8 Å². The van der Waals surface area contributed by atoms with E-state index in [1.807, 2.05) is 42.5 Å². The molecule has 0 fully saturated rings. The molecule has 150 valence electrons. The number of rotatable bonds is 4. The van der Waals surface area contributed by atoms with Crippen LogP contribution in [0.1, 0.15) is 27.4 Å². The number of hydrogen-bond acceptors (Lipinski definition) is 3. The van der Waals surface area contributed by atoms with Crippen molar-refractivity contribution in [3.05, 3.63) is 94.5 Å². The molecule has 30 heavy (non-hydrogen) atoms. The van der Waals surface area contributed by atoms with Gasteiger partial charge in [-0.2, -0.15) is 0 Å². The fourth-order valence-electron chi connectivity index (χ4n) is 3.48. The lowest BCUT2D eigenvalue weighted by atomic mass is 9.89. The lowest BCUT2D eigenvalue weighted by molar-refractivity contribution is -0.115. The minimum Gasteiger partial charge on any atom is -0.345 e. The van der Waals surface area contributed by atoms with E-state index in [9.17, 15) is 9.59 Å². The molecule has 1 unspecified atom stereocenters. The minimum absolute atomic E-state index is 0.119. The molecular formula is C24H20ClN3O2. The van der Waals surface area contributed by atoms with E-state index in [1.54, 1.807) is 44.4 Å². The van der Waals surface area contributed by atoms with Crippen LogP contribution >= 0.6 is 11.6 Å². The van der Waals surface area contributed by atoms with E-state index in [1.165, 1.54) is 4.90 Å². The predicted molar refractivity (Wildman–Crippen MR) is 120 cm³/mol. The summed E-state index contributed by atoms with van der Waals surface area (Å²) in [5.41, 5.74) is 4.11. The topological polar surface area (TPSA) is 61.8 Å². The summed E-state index contributed by atoms with van der Waals surface area (Å²) in [5.74, 6) is -0.921. The van der Waals surface area contributed by atoms with Crippen LogP contribution in [0, 0.1) is 0 Å². The summed E-state index contributed by atoms with van der Waals surface area (Å²) in [4.78, 5) is 31.8. The van der Waals surface area contributed by atoms with E-state index < -0.39 is 5.92 Å². The highest BCUT2D eigenvalue weighted by atomic mass is 35.5. The molecule has 3 aromatic carbocycles. The summed E-state index contributed by atoms with van der Waals surface area (Å²) in [6.45, 7) is 0. The molecule has 5 nitrogen and oxygen atoms in total. The zero-order valence-corrected chi connectivity index (χ0v) is 17.4. The van der Waals surface area contributed by atoms with Gasteiger partial charge in [0.15, 0.2) is 0 Å². The highest BCUT2D eigenvalue weighted by Crippen LogP contribution is 2.37. The number of anilines is 1. The first-order chi connectivity index (χ1) is 14.4. The van der Waals surface area contributed by atoms with Crippen LogP contribution in [0.5, 0.6) is 0 Å². The van der Waals surface area contributed by atoms with Gasteiger partial charge < -0.3 is 10.2 Å². The molecule has 1 aliphatic heterocycles. The van der Waals surface area contributed by atoms with Gasteiger partial charge in [-0.15, -0.1) is 0 Å². The summed E-state index contributed by atoms with van der Waals surface area (Å²) < 4.78 is 0. The first-order valence-corrected chi connectivity index (χ1v) is 9.88. The number of nitrogens with one attached hydrogen (secondary N) is 1. The second-order valence-corrected chi connectivity index (χ2v) is 7.70. The molecule has 1 aliphatic rings. The largest absolute Gasteiger partial charge is 0.345 e. The molecule has 3 aromatic rings. The van der Waals surface area contributed by atoms with Crippen LogP contribution in [-0.4, -0.2) is 36.5 Å². The van der Waals surface area contributed by atoms with E-state index in [4.69, 9.17) is 16.6 Å². The molecular weight excluding hydrogens is 398 g/mol. The molecule has 0 radical (unpaired) electrons. The molecule has 1 heterocycles. The van der Waals surface area contributed by atoms with Crippen molar-refractivity contribution in [1.82, 2.24) is 4.90 Å². The van der Waals surface area contributed by atoms with Gasteiger partial charge in [0.05, 0.1) is 11.4 Å². The van der Waals surface area contributed by atoms with Crippen LogP contribution in [-0.2, 0) is 4.79 Å². The maximum absolute atomic E-state index is 13.0. The Hall–Kier alpha value is -3.44. The highest BCUT2D eigenvalue weighted by molar-refractivity contribution is 6.30. The fraction of sp³-hybridized carbons (Fsp3) is 0.125. The number of benzene rings is 3. The average molecular weight is 418 g/mol. The van der Waals surface area contributed by atoms with E-state index in [0.29, 0.717) is 27.7 Å². The summed E-state index contributed by atoms with van der Waals surface area (Å²) >= 11 is 6.01. The highest BCUT2D eigenvalue weighted by Gasteiger charge is 2.36. The van der Waals surface area contributed by atoms with Crippen LogP contribution in [0.3, 0.4) is 0 Å². The summed E-state index contributed by atoms with van der Waals surface area (Å²) in [5, 5.41) is 3.54. The van der Waals surface area contributed by atoms with Crippen LogP contribution in [0.4, 0.5) is 11.4 Å². The number of halogens is 1. The van der Waals surface area contributed by atoms with Crippen molar-refractivity contribution in [1.29, 1.82) is 0 Å². The predicted octanol–water partition coefficient (Wildman–Crippen LogP) is 4.90. The molecule has 0 saturated carbocycles. The molecule has 0 saturated heterocycles. The number of fused-ring (bicyclic) bond motifs is 1. The van der Waals surface area contributed by atoms with Crippen molar-refractivity contribution in [3.63, 3.8) is 0 Å². The number of amides is 2. The van der Waals surface area contributed by atoms with Gasteiger partial charge in [0.1, 0.15) is 5.92 Å². The third kappa shape index (κ3) is 3.84. The third-order valence-corrected chi connectivity index (χ3v) is 5.21. The summed E-state index contributed by atoms with van der Waals surface area (Å²) in [6.07, 6.45) is 0. The monoisotopic (exact) mass is 417 g/mol. The maximum atomic E-state index is 13.0. The molecule has 0 bridgehead atoms. The third-order valence-electron chi connectivity index (χ3n) is 4.95. The smallest absolute Gasteiger partial charge is 0.253 e. The quantitative estimate of drug-likeness (QED) is 0.614. The van der Waals surface area contributed by atoms with Crippen LogP contribution in [0.2, 0.25) is 5.02 Å². The molecule has 1 N–H and O–H groups in total. The van der Waals surface area contributed by atoms with Gasteiger partial charge in [-0.25, -0.2) is 0 Å². The van der Waals surface area contributed by atoms with Gasteiger partial charge in [-0.3, -0.25) is 14.6 Å². The molecule has 0 spiro atoms. The van der Waals surface area contributed by atoms with E-state index >= 15 is 0 Å². The average Bonchev–Trinajstić information content (AvgIpc) is 3.08. The first kappa shape index (κ1) is 19.9. The second kappa shape index (κ2) is 8.13. The van der Waals surface area contributed by atoms with Crippen molar-refractivity contribution in [2.45, 2.75) is 5.92 Å². The Kier molecular flexibility index (Phi) is 5.38. The van der Waals surface area contributed by atoms with Gasteiger partial charge in [-0.1, -0.05) is 41.9 Å². The van der Waals surface area contributed by atoms with E-state index in [-0.39, 0.29) is 11.8 Å². The van der Waals surface area contributed by atoms with Crippen LogP contribution < -0.4 is 5.32 Å². The van der Waals surface area contributed by atoms with Crippen molar-refractivity contribution in [2.75, 3.05) is 19.4 Å². The maximum Gasteiger partial charge on any atom is 0.253 e. The molecule has 1 atom stereocenters. The van der Waals surface area contributed by atoms with Crippen molar-refractivity contribution in [3.8, 4) is 0 Å². The van der Waals surface area contributed by atoms with Crippen molar-refractivity contribution >= 4 is 40.5 Å². The Bertz CT molecular complexity index is 1140. The standard InChI is InChI=1S/C24H20ClN3O2/c1-28(2)24(30)16-8-13-20-19(14-16)21(23(29)27-20)22(15-6-4-3-5-7-15)26-18-11-9-17(25)10-12-18/h3-14,21H,1-2H3,(H,27,29). The Morgan fingerprint density at radius 3 is 2.33 bits per heavy atom. The number of hydrogen-bond donors (Lipinski definition) is 1. The Balaban J connectivity index is 1.86. The van der Waals surface area contributed by atoms with E-state index in [0.717, 1.165) is 11.1 Å². The van der Waals surface area contributed by atoms with E-state index in [2.05, 4.69) is 5.32 Å². The second-order valence-electron chi connectivity index (χ2n) is 7.26. The minimum atomic E-state index is -0.631. The molecule has 2 amide bonds. The zero-order chi connectivity index (χ0) is 21.3. The van der Waals surface area contributed by atoms with Gasteiger partial charge in [0, 0.05) is 30.4 Å². The number of carbonyl (C=O) groups is 2. The SMILES string of the molecule is CN(C)C(=O)c1ccc2c(c1)C(C(=Nc1ccc(Cl)cc1)c1ccccc1)C(=O)N2. The zero-order valence-electron chi connectivity index (χ0n) is 16.6. The summed E-state index contributed by atoms with van der Waals surface area (Å²) in [6, 6.07) is 22.0. The Labute approximate surface area is 180 Å². The number of aliphatic imine (C=N–C) groups is 1. The Morgan fingerprint density at radius 2 is 1.67 bits per heavy atom. The number of carbonyl (C=O) groups excluding carboxylic acids is 2. The fourth-order valence-corrected chi connectivity index (χ4v) is 3.61. The van der Waals surface area contributed by atoms with Crippen LogP contribution in [0.25, 0.3) is 0 Å². The normalized spacial score (nSPS) is 15.5. The molecule has 6 heteroatoms. The summed E-state index contributed by atoms with van der Waals surface area (Å²) in [7, 11) is 3.40. The van der Waals surface area contributed by atoms with Gasteiger partial charge in [0.2, 0.25) is 5.91 Å². The molecule has 0 aliphatic carbocycles. The lowest BCUT2D eigenvalue weighted by Gasteiger charge is -2.15. The lowest BCUT2D eigenvalue weighted by Crippen LogP contribution is -2.23. The molecule has 4 rings (SSSR count). The van der Waals surface area contributed by atoms with Crippen molar-refractivity contribution in [2.24, 2.45) is 4.99 Å². The van der Waals surface area contributed by atoms with Gasteiger partial charge >= 0.3 is 0 Å². The molecule has 0 aromatic heterocycles. The van der Waals surface area contributed by atoms with Gasteiger partial charge in [-0.05, 0) is 53.6 Å². The Morgan fingerprint density at radius 1 is 0.967 bits per heavy atom. The first-order valence-electron chi connectivity index (χ1n) is 9.50. The van der Waals surface area contributed by atoms with Crippen molar-refractivity contribution < 1.29 is 9.59 Å². The van der Waals surface area contributed by atoms with Gasteiger partial charge in [0.25, 0.3) is 5.91 Å².